The number of carbonyl (C=O) groups is 1. The van der Waals surface area contributed by atoms with Crippen molar-refractivity contribution >= 4 is 17.5 Å². The summed E-state index contributed by atoms with van der Waals surface area (Å²) in [6.45, 7) is 4.09. The highest BCUT2D eigenvalue weighted by molar-refractivity contribution is 5.89. The Hall–Kier alpha value is -1.78. The Morgan fingerprint density at radius 1 is 1.56 bits per heavy atom. The predicted octanol–water partition coefficient (Wildman–Crippen LogP) is 2.61. The molecule has 0 atom stereocenters. The first-order chi connectivity index (χ1) is 7.50. The van der Waals surface area contributed by atoms with E-state index in [1.54, 1.807) is 0 Å². The Balaban J connectivity index is 2.63. The number of hydrogen-bond acceptors (Lipinski definition) is 3. The maximum atomic E-state index is 13.3. The molecule has 0 spiro atoms. The minimum Gasteiger partial charge on any atom is -0.449 e. The third kappa shape index (κ3) is 3.42. The van der Waals surface area contributed by atoms with Crippen molar-refractivity contribution in [3.8, 4) is 0 Å². The van der Waals surface area contributed by atoms with Gasteiger partial charge in [-0.15, -0.1) is 0 Å². The lowest BCUT2D eigenvalue weighted by atomic mass is 10.2. The van der Waals surface area contributed by atoms with E-state index in [0.717, 1.165) is 0 Å². The Labute approximate surface area is 93.6 Å². The minimum atomic E-state index is -0.703. The number of amides is 1. The van der Waals surface area contributed by atoms with Gasteiger partial charge in [-0.1, -0.05) is 19.9 Å². The molecule has 0 heterocycles. The van der Waals surface area contributed by atoms with E-state index in [1.807, 2.05) is 13.8 Å². The number of para-hydroxylation sites is 1. The first-order valence-electron chi connectivity index (χ1n) is 4.98. The second kappa shape index (κ2) is 5.34. The van der Waals surface area contributed by atoms with E-state index < -0.39 is 11.9 Å². The summed E-state index contributed by atoms with van der Waals surface area (Å²) in [5.74, 6) is -0.356. The summed E-state index contributed by atoms with van der Waals surface area (Å²) in [4.78, 5) is 11.3. The number of ether oxygens (including phenoxy) is 1. The Morgan fingerprint density at radius 2 is 2.25 bits per heavy atom. The summed E-state index contributed by atoms with van der Waals surface area (Å²) in [7, 11) is 0. The maximum Gasteiger partial charge on any atom is 0.411 e. The minimum absolute atomic E-state index is 0.0451. The average Bonchev–Trinajstić information content (AvgIpc) is 2.21. The molecule has 88 valence electrons. The topological polar surface area (TPSA) is 64.3 Å². The normalized spacial score (nSPS) is 10.2. The standard InChI is InChI=1S/C11H15FN2O2/c1-7(2)6-16-11(15)14-10-8(12)4-3-5-9(10)13/h3-5,7H,6,13H2,1-2H3,(H,14,15). The van der Waals surface area contributed by atoms with Crippen molar-refractivity contribution in [2.75, 3.05) is 17.7 Å². The zero-order valence-electron chi connectivity index (χ0n) is 9.29. The van der Waals surface area contributed by atoms with E-state index in [0.29, 0.717) is 0 Å². The van der Waals surface area contributed by atoms with Gasteiger partial charge in [-0.25, -0.2) is 9.18 Å². The van der Waals surface area contributed by atoms with Crippen LogP contribution in [-0.4, -0.2) is 12.7 Å². The molecule has 0 aliphatic heterocycles. The fourth-order valence-corrected chi connectivity index (χ4v) is 1.05. The lowest BCUT2D eigenvalue weighted by Crippen LogP contribution is -2.18. The molecule has 1 rings (SSSR count). The van der Waals surface area contributed by atoms with E-state index in [2.05, 4.69) is 5.32 Å². The number of nitrogens with two attached hydrogens (primary N) is 1. The molecule has 0 unspecified atom stereocenters. The van der Waals surface area contributed by atoms with E-state index in [-0.39, 0.29) is 23.9 Å². The molecular weight excluding hydrogens is 211 g/mol. The van der Waals surface area contributed by atoms with E-state index in [9.17, 15) is 9.18 Å². The highest BCUT2D eigenvalue weighted by Gasteiger charge is 2.10. The second-order valence-electron chi connectivity index (χ2n) is 3.82. The zero-order chi connectivity index (χ0) is 12.1. The molecule has 1 amide bonds. The van der Waals surface area contributed by atoms with Gasteiger partial charge in [-0.3, -0.25) is 5.32 Å². The molecule has 3 N–H and O–H groups in total. The van der Waals surface area contributed by atoms with Crippen LogP contribution in [0.25, 0.3) is 0 Å². The zero-order valence-corrected chi connectivity index (χ0v) is 9.29. The Morgan fingerprint density at radius 3 is 2.81 bits per heavy atom. The van der Waals surface area contributed by atoms with Crippen LogP contribution in [0, 0.1) is 11.7 Å². The van der Waals surface area contributed by atoms with Crippen molar-refractivity contribution < 1.29 is 13.9 Å². The lowest BCUT2D eigenvalue weighted by Gasteiger charge is -2.10. The fraction of sp³-hybridized carbons (Fsp3) is 0.364. The van der Waals surface area contributed by atoms with Crippen molar-refractivity contribution in [1.29, 1.82) is 0 Å². The molecular formula is C11H15FN2O2. The second-order valence-corrected chi connectivity index (χ2v) is 3.82. The molecule has 16 heavy (non-hydrogen) atoms. The van der Waals surface area contributed by atoms with Crippen LogP contribution in [0.1, 0.15) is 13.8 Å². The predicted molar refractivity (Wildman–Crippen MR) is 60.6 cm³/mol. The largest absolute Gasteiger partial charge is 0.449 e. The van der Waals surface area contributed by atoms with Crippen LogP contribution in [0.4, 0.5) is 20.6 Å². The van der Waals surface area contributed by atoms with Crippen LogP contribution >= 0.6 is 0 Å². The Kier molecular flexibility index (Phi) is 4.10. The number of nitrogen functional groups attached to an aromatic ring is 1. The van der Waals surface area contributed by atoms with Crippen molar-refractivity contribution in [3.63, 3.8) is 0 Å². The maximum absolute atomic E-state index is 13.3. The van der Waals surface area contributed by atoms with Crippen molar-refractivity contribution in [3.05, 3.63) is 24.0 Å². The summed E-state index contributed by atoms with van der Waals surface area (Å²) in [5.41, 5.74) is 5.64. The summed E-state index contributed by atoms with van der Waals surface area (Å²) in [6, 6.07) is 4.19. The van der Waals surface area contributed by atoms with Crippen molar-refractivity contribution in [1.82, 2.24) is 0 Å². The number of nitrogens with one attached hydrogen (secondary N) is 1. The molecule has 0 fully saturated rings. The van der Waals surface area contributed by atoms with Crippen LogP contribution in [0.2, 0.25) is 0 Å². The highest BCUT2D eigenvalue weighted by Crippen LogP contribution is 2.21. The monoisotopic (exact) mass is 226 g/mol. The third-order valence-electron chi connectivity index (χ3n) is 1.82. The molecule has 0 saturated carbocycles. The highest BCUT2D eigenvalue weighted by atomic mass is 19.1. The van der Waals surface area contributed by atoms with Gasteiger partial charge in [-0.2, -0.15) is 0 Å². The van der Waals surface area contributed by atoms with Gasteiger partial charge in [0.1, 0.15) is 11.5 Å². The summed E-state index contributed by atoms with van der Waals surface area (Å²) < 4.78 is 18.1. The SMILES string of the molecule is CC(C)COC(=O)Nc1c(N)cccc1F. The molecule has 0 aliphatic rings. The van der Waals surface area contributed by atoms with Gasteiger partial charge in [0.2, 0.25) is 0 Å². The third-order valence-corrected chi connectivity index (χ3v) is 1.82. The van der Waals surface area contributed by atoms with E-state index in [4.69, 9.17) is 10.5 Å². The molecule has 5 heteroatoms. The molecule has 1 aromatic carbocycles. The van der Waals surface area contributed by atoms with Crippen LogP contribution in [-0.2, 0) is 4.74 Å². The van der Waals surface area contributed by atoms with E-state index in [1.165, 1.54) is 18.2 Å². The van der Waals surface area contributed by atoms with Gasteiger partial charge in [0.15, 0.2) is 0 Å². The van der Waals surface area contributed by atoms with Crippen LogP contribution in [0.15, 0.2) is 18.2 Å². The van der Waals surface area contributed by atoms with Gasteiger partial charge in [0, 0.05) is 0 Å². The van der Waals surface area contributed by atoms with Crippen LogP contribution in [0.3, 0.4) is 0 Å². The van der Waals surface area contributed by atoms with Gasteiger partial charge >= 0.3 is 6.09 Å². The first kappa shape index (κ1) is 12.3. The smallest absolute Gasteiger partial charge is 0.411 e. The van der Waals surface area contributed by atoms with Crippen LogP contribution in [0.5, 0.6) is 0 Å². The summed E-state index contributed by atoms with van der Waals surface area (Å²) in [6.07, 6.45) is -0.703. The summed E-state index contributed by atoms with van der Waals surface area (Å²) >= 11 is 0. The quantitative estimate of drug-likeness (QED) is 0.778. The number of halogens is 1. The van der Waals surface area contributed by atoms with Crippen molar-refractivity contribution in [2.45, 2.75) is 13.8 Å². The molecule has 0 bridgehead atoms. The van der Waals surface area contributed by atoms with Crippen LogP contribution < -0.4 is 11.1 Å². The number of hydrogen-bond donors (Lipinski definition) is 2. The lowest BCUT2D eigenvalue weighted by molar-refractivity contribution is 0.147. The van der Waals surface area contributed by atoms with Crippen molar-refractivity contribution in [2.24, 2.45) is 5.92 Å². The number of rotatable bonds is 3. The fourth-order valence-electron chi connectivity index (χ4n) is 1.05. The Bertz CT molecular complexity index is 360. The van der Waals surface area contributed by atoms with Gasteiger partial charge in [-0.05, 0) is 18.1 Å². The van der Waals surface area contributed by atoms with Gasteiger partial charge in [0.05, 0.1) is 12.3 Å². The van der Waals surface area contributed by atoms with Gasteiger partial charge < -0.3 is 10.5 Å². The molecule has 0 saturated heterocycles. The molecule has 4 nitrogen and oxygen atoms in total. The number of anilines is 2. The molecule has 0 aromatic heterocycles. The number of benzene rings is 1. The molecule has 0 radical (unpaired) electrons. The average molecular weight is 226 g/mol. The van der Waals surface area contributed by atoms with Gasteiger partial charge in [0.25, 0.3) is 0 Å². The number of carbonyl (C=O) groups excluding carboxylic acids is 1. The molecule has 0 aliphatic carbocycles. The summed E-state index contributed by atoms with van der Waals surface area (Å²) in [5, 5.41) is 2.27. The first-order valence-corrected chi connectivity index (χ1v) is 4.98. The van der Waals surface area contributed by atoms with E-state index >= 15 is 0 Å². The molecule has 1 aromatic rings.